The summed E-state index contributed by atoms with van der Waals surface area (Å²) in [6.07, 6.45) is 5.01. The van der Waals surface area contributed by atoms with Gasteiger partial charge in [0.15, 0.2) is 0 Å². The van der Waals surface area contributed by atoms with E-state index >= 15 is 0 Å². The van der Waals surface area contributed by atoms with Crippen LogP contribution in [0.3, 0.4) is 0 Å². The average molecular weight is 1440 g/mol. The van der Waals surface area contributed by atoms with E-state index < -0.39 is 179 Å². The maximum absolute atomic E-state index is 14.4. The molecule has 0 bridgehead atoms. The molecule has 1 aromatic carbocycles. The van der Waals surface area contributed by atoms with E-state index in [1.54, 1.807) is 85.7 Å². The van der Waals surface area contributed by atoms with Crippen molar-refractivity contribution in [2.75, 3.05) is 26.2 Å². The lowest BCUT2D eigenvalue weighted by Crippen LogP contribution is -2.61. The van der Waals surface area contributed by atoms with Crippen LogP contribution in [0.15, 0.2) is 30.3 Å². The number of rotatable bonds is 51. The van der Waals surface area contributed by atoms with Gasteiger partial charge >= 0.3 is 5.97 Å². The van der Waals surface area contributed by atoms with Crippen LogP contribution in [0, 0.1) is 35.5 Å². The largest absolute Gasteiger partial charge is 0.480 e. The van der Waals surface area contributed by atoms with Crippen LogP contribution in [0.1, 0.15) is 192 Å². The summed E-state index contributed by atoms with van der Waals surface area (Å²) in [4.78, 5) is 180. The highest BCUT2D eigenvalue weighted by atomic mass is 16.4. The van der Waals surface area contributed by atoms with Gasteiger partial charge < -0.3 is 97.6 Å². The standard InChI is InChI=1S/C71H127N17O14/c1-39(2)36-52(66(96)86-56(42(7)8)69(99)84-53(37-40(3)4)67(97)88-58(44(11)12)71(101)102)83-65(95)54(38-47-26-16-15-17-27-47)82-60(90)46(14)77-59(89)45(13)78-68(98)55(41(5)6)87-70(100)57(43(9)10)85-64(94)51(31-21-25-35-75)81-63(93)50(30-20-24-34-74)80-62(92)49(29-19-23-33-73)79-61(91)48(76)28-18-22-32-72/h15-17,26-27,39-46,48-58H,18-25,28-38,72-76H2,1-14H3,(H,77,89)(H,78,98)(H,79,91)(H,80,92)(H,81,93)(H,82,90)(H,83,95)(H,84,99)(H,85,94)(H,86,96)(H,87,100)(H,88,97)(H,101,102)/t45-,46-,48-,49-,50-,51-,52-,53-,54-,55-,56-,57-,58-/m0/s1. The van der Waals surface area contributed by atoms with Crippen LogP contribution in [-0.4, -0.2) is 187 Å². The Hall–Kier alpha value is -7.87. The zero-order valence-electron chi connectivity index (χ0n) is 62.9. The highest BCUT2D eigenvalue weighted by molar-refractivity contribution is 6.00. The Balaban J connectivity index is 3.41. The number of nitrogens with two attached hydrogens (primary N) is 5. The van der Waals surface area contributed by atoms with Crippen LogP contribution < -0.4 is 92.5 Å². The van der Waals surface area contributed by atoms with E-state index in [0.717, 1.165) is 0 Å². The molecule has 1 rings (SSSR count). The third-order valence-corrected chi connectivity index (χ3v) is 17.1. The fraction of sp³-hybridized carbons (Fsp3) is 0.732. The number of aliphatic carboxylic acids is 1. The van der Waals surface area contributed by atoms with Gasteiger partial charge in [-0.2, -0.15) is 0 Å². The maximum Gasteiger partial charge on any atom is 0.326 e. The van der Waals surface area contributed by atoms with E-state index in [-0.39, 0.29) is 56.9 Å². The summed E-state index contributed by atoms with van der Waals surface area (Å²) in [5, 5.41) is 42.1. The van der Waals surface area contributed by atoms with Crippen LogP contribution in [0.5, 0.6) is 0 Å². The molecule has 0 aromatic heterocycles. The molecule has 0 spiro atoms. The fourth-order valence-corrected chi connectivity index (χ4v) is 10.9. The van der Waals surface area contributed by atoms with Gasteiger partial charge in [0.1, 0.15) is 72.5 Å². The quantitative estimate of drug-likeness (QED) is 0.0373. The molecule has 0 fully saturated rings. The van der Waals surface area contributed by atoms with E-state index in [1.165, 1.54) is 13.8 Å². The van der Waals surface area contributed by atoms with Gasteiger partial charge in [-0.05, 0) is 165 Å². The molecule has 23 N–H and O–H groups in total. The molecule has 0 aliphatic heterocycles. The average Bonchev–Trinajstić information content (AvgIpc) is 0.854. The number of unbranched alkanes of at least 4 members (excludes halogenated alkanes) is 4. The van der Waals surface area contributed by atoms with Crippen LogP contribution in [-0.2, 0) is 68.7 Å². The number of nitrogens with one attached hydrogen (secondary N) is 12. The second kappa shape index (κ2) is 48.9. The van der Waals surface area contributed by atoms with Crippen molar-refractivity contribution in [1.82, 2.24) is 63.8 Å². The molecule has 0 saturated heterocycles. The molecule has 580 valence electrons. The molecular weight excluding hydrogens is 1310 g/mol. The summed E-state index contributed by atoms with van der Waals surface area (Å²) in [6.45, 7) is 24.6. The number of carbonyl (C=O) groups is 13. The predicted molar refractivity (Wildman–Crippen MR) is 390 cm³/mol. The molecule has 0 heterocycles. The fourth-order valence-electron chi connectivity index (χ4n) is 10.9. The van der Waals surface area contributed by atoms with E-state index in [0.29, 0.717) is 83.0 Å². The second-order valence-corrected chi connectivity index (χ2v) is 28.8. The summed E-state index contributed by atoms with van der Waals surface area (Å²) in [6, 6.07) is -7.08. The molecule has 0 saturated carbocycles. The van der Waals surface area contributed by atoms with Crippen molar-refractivity contribution in [3.05, 3.63) is 35.9 Å². The number of carboxylic acid groups (broad SMARTS) is 1. The van der Waals surface area contributed by atoms with E-state index in [2.05, 4.69) is 63.8 Å². The molecule has 102 heavy (non-hydrogen) atoms. The van der Waals surface area contributed by atoms with Crippen LogP contribution in [0.4, 0.5) is 0 Å². The molecular formula is C71H127N17O14. The van der Waals surface area contributed by atoms with E-state index in [4.69, 9.17) is 28.7 Å². The first kappa shape index (κ1) is 92.1. The molecule has 31 heteroatoms. The summed E-state index contributed by atoms with van der Waals surface area (Å²) in [7, 11) is 0. The van der Waals surface area contributed by atoms with Crippen molar-refractivity contribution in [2.24, 2.45) is 64.2 Å². The summed E-state index contributed by atoms with van der Waals surface area (Å²) < 4.78 is 0. The second-order valence-electron chi connectivity index (χ2n) is 28.8. The van der Waals surface area contributed by atoms with Crippen LogP contribution >= 0.6 is 0 Å². The summed E-state index contributed by atoms with van der Waals surface area (Å²) in [5.74, 6) is -12.5. The van der Waals surface area contributed by atoms with Crippen molar-refractivity contribution in [3.63, 3.8) is 0 Å². The third kappa shape index (κ3) is 34.9. The number of carboxylic acids is 1. The molecule has 12 amide bonds. The van der Waals surface area contributed by atoms with E-state index in [9.17, 15) is 67.4 Å². The molecule has 0 unspecified atom stereocenters. The number of hydrogen-bond donors (Lipinski definition) is 18. The highest BCUT2D eigenvalue weighted by Crippen LogP contribution is 2.16. The number of hydrogen-bond acceptors (Lipinski definition) is 18. The number of benzene rings is 1. The van der Waals surface area contributed by atoms with Crippen molar-refractivity contribution < 1.29 is 67.4 Å². The molecule has 0 aliphatic rings. The monoisotopic (exact) mass is 1440 g/mol. The highest BCUT2D eigenvalue weighted by Gasteiger charge is 2.38. The molecule has 0 aliphatic carbocycles. The first-order chi connectivity index (χ1) is 47.9. The lowest BCUT2D eigenvalue weighted by atomic mass is 9.97. The smallest absolute Gasteiger partial charge is 0.326 e. The van der Waals surface area contributed by atoms with Gasteiger partial charge in [-0.1, -0.05) is 120 Å². The molecule has 13 atom stereocenters. The minimum atomic E-state index is -1.33. The summed E-state index contributed by atoms with van der Waals surface area (Å²) in [5.41, 5.74) is 29.8. The van der Waals surface area contributed by atoms with Crippen molar-refractivity contribution >= 4 is 76.9 Å². The Bertz CT molecular complexity index is 2810. The van der Waals surface area contributed by atoms with Gasteiger partial charge in [-0.3, -0.25) is 57.5 Å². The van der Waals surface area contributed by atoms with Gasteiger partial charge in [0, 0.05) is 6.42 Å². The third-order valence-electron chi connectivity index (χ3n) is 17.1. The zero-order valence-corrected chi connectivity index (χ0v) is 62.9. The molecule has 1 aromatic rings. The zero-order chi connectivity index (χ0) is 77.5. The Labute approximate surface area is 603 Å². The van der Waals surface area contributed by atoms with E-state index in [1.807, 2.05) is 27.7 Å². The van der Waals surface area contributed by atoms with Crippen molar-refractivity contribution in [3.8, 4) is 0 Å². The Morgan fingerprint density at radius 2 is 0.588 bits per heavy atom. The minimum absolute atomic E-state index is 0.0701. The van der Waals surface area contributed by atoms with Crippen molar-refractivity contribution in [1.29, 1.82) is 0 Å². The molecule has 0 radical (unpaired) electrons. The summed E-state index contributed by atoms with van der Waals surface area (Å²) >= 11 is 0. The van der Waals surface area contributed by atoms with Crippen molar-refractivity contribution in [2.45, 2.75) is 272 Å². The SMILES string of the molecule is CC(C)C[C@H](NC(=O)[C@H](Cc1ccccc1)NC(=O)[C@H](C)NC(=O)[C@H](C)NC(=O)[C@@H](NC(=O)[C@@H](NC(=O)[C@H](CCCCN)NC(=O)[C@H](CCCCN)NC(=O)[C@H](CCCCN)NC(=O)[C@@H](N)CCCCN)C(C)C)C(C)C)C(=O)N[C@H](C(=O)N[C@@H](CC(C)C)C(=O)N[C@H](C(=O)O)C(C)C)C(C)C. The first-order valence-corrected chi connectivity index (χ1v) is 36.4. The van der Waals surface area contributed by atoms with Gasteiger partial charge in [0.05, 0.1) is 6.04 Å². The normalized spacial score (nSPS) is 15.3. The number of amides is 12. The van der Waals surface area contributed by atoms with Gasteiger partial charge in [0.2, 0.25) is 70.9 Å². The number of carbonyl (C=O) groups excluding carboxylic acids is 12. The van der Waals surface area contributed by atoms with Gasteiger partial charge in [-0.25, -0.2) is 4.79 Å². The maximum atomic E-state index is 14.4. The van der Waals surface area contributed by atoms with Crippen LogP contribution in [0.25, 0.3) is 0 Å². The minimum Gasteiger partial charge on any atom is -0.480 e. The predicted octanol–water partition coefficient (Wildman–Crippen LogP) is -0.269. The Morgan fingerprint density at radius 1 is 0.314 bits per heavy atom. The Morgan fingerprint density at radius 3 is 0.961 bits per heavy atom. The topological polar surface area (TPSA) is 517 Å². The lowest BCUT2D eigenvalue weighted by Gasteiger charge is -2.30. The molecule has 31 nitrogen and oxygen atoms in total. The Kier molecular flexibility index (Phi) is 44.2. The van der Waals surface area contributed by atoms with Gasteiger partial charge in [0.25, 0.3) is 0 Å². The van der Waals surface area contributed by atoms with Gasteiger partial charge in [-0.15, -0.1) is 0 Å². The van der Waals surface area contributed by atoms with Crippen LogP contribution in [0.2, 0.25) is 0 Å². The lowest BCUT2D eigenvalue weighted by molar-refractivity contribution is -0.143. The first-order valence-electron chi connectivity index (χ1n) is 36.4.